The number of rotatable bonds is 7. The summed E-state index contributed by atoms with van der Waals surface area (Å²) in [6.07, 6.45) is 6.60. The van der Waals surface area contributed by atoms with E-state index in [4.69, 9.17) is 4.74 Å². The summed E-state index contributed by atoms with van der Waals surface area (Å²) < 4.78 is 5.22. The van der Waals surface area contributed by atoms with Gasteiger partial charge in [-0.2, -0.15) is 11.8 Å². The molecule has 0 saturated carbocycles. The minimum Gasteiger partial charge on any atom is -0.462 e. The largest absolute Gasteiger partial charge is 0.462 e. The van der Waals surface area contributed by atoms with Gasteiger partial charge in [-0.1, -0.05) is 13.3 Å². The lowest BCUT2D eigenvalue weighted by Gasteiger charge is -2.20. The molecule has 1 aromatic heterocycles. The normalized spacial score (nSPS) is 16.7. The SMILES string of the molecule is CCOC(=O)c1c(NC(=O)CCSC)sc2c1CC[C@@H](CC)C2. The molecule has 128 valence electrons. The van der Waals surface area contributed by atoms with Gasteiger partial charge >= 0.3 is 5.97 Å². The zero-order valence-electron chi connectivity index (χ0n) is 14.1. The van der Waals surface area contributed by atoms with Crippen LogP contribution in [0.4, 0.5) is 5.00 Å². The van der Waals surface area contributed by atoms with Crippen LogP contribution < -0.4 is 5.32 Å². The molecule has 0 spiro atoms. The monoisotopic (exact) mass is 355 g/mol. The highest BCUT2D eigenvalue weighted by atomic mass is 32.2. The number of thioether (sulfide) groups is 1. The fourth-order valence-electron chi connectivity index (χ4n) is 2.89. The second-order valence-electron chi connectivity index (χ2n) is 5.74. The molecule has 23 heavy (non-hydrogen) atoms. The molecule has 0 fully saturated rings. The highest BCUT2D eigenvalue weighted by molar-refractivity contribution is 7.98. The van der Waals surface area contributed by atoms with Crippen LogP contribution in [0.3, 0.4) is 0 Å². The molecule has 0 saturated heterocycles. The van der Waals surface area contributed by atoms with Crippen LogP contribution in [-0.4, -0.2) is 30.5 Å². The molecule has 1 N–H and O–H groups in total. The predicted molar refractivity (Wildman–Crippen MR) is 97.7 cm³/mol. The second-order valence-corrected chi connectivity index (χ2v) is 7.83. The number of fused-ring (bicyclic) bond motifs is 1. The van der Waals surface area contributed by atoms with Crippen molar-refractivity contribution < 1.29 is 14.3 Å². The lowest BCUT2D eigenvalue weighted by Crippen LogP contribution is -2.17. The first-order valence-electron chi connectivity index (χ1n) is 8.21. The average molecular weight is 356 g/mol. The van der Waals surface area contributed by atoms with Gasteiger partial charge in [0.15, 0.2) is 0 Å². The first-order valence-corrected chi connectivity index (χ1v) is 10.4. The topological polar surface area (TPSA) is 55.4 Å². The Morgan fingerprint density at radius 2 is 2.17 bits per heavy atom. The van der Waals surface area contributed by atoms with Crippen LogP contribution in [0.5, 0.6) is 0 Å². The number of esters is 1. The van der Waals surface area contributed by atoms with Gasteiger partial charge in [0.1, 0.15) is 5.00 Å². The van der Waals surface area contributed by atoms with Crippen LogP contribution in [0.15, 0.2) is 0 Å². The summed E-state index contributed by atoms with van der Waals surface area (Å²) >= 11 is 3.20. The summed E-state index contributed by atoms with van der Waals surface area (Å²) in [4.78, 5) is 25.7. The maximum Gasteiger partial charge on any atom is 0.341 e. The molecule has 0 aromatic carbocycles. The fraction of sp³-hybridized carbons (Fsp3) is 0.647. The van der Waals surface area contributed by atoms with E-state index in [-0.39, 0.29) is 11.9 Å². The van der Waals surface area contributed by atoms with Crippen molar-refractivity contribution in [3.05, 3.63) is 16.0 Å². The highest BCUT2D eigenvalue weighted by Crippen LogP contribution is 2.40. The van der Waals surface area contributed by atoms with Crippen molar-refractivity contribution >= 4 is 40.0 Å². The van der Waals surface area contributed by atoms with Crippen LogP contribution in [0.25, 0.3) is 0 Å². The van der Waals surface area contributed by atoms with Gasteiger partial charge in [-0.15, -0.1) is 11.3 Å². The van der Waals surface area contributed by atoms with Crippen LogP contribution in [-0.2, 0) is 22.4 Å². The van der Waals surface area contributed by atoms with Crippen LogP contribution >= 0.6 is 23.1 Å². The summed E-state index contributed by atoms with van der Waals surface area (Å²) in [5.74, 6) is 1.12. The van der Waals surface area contributed by atoms with E-state index in [1.54, 1.807) is 30.0 Å². The van der Waals surface area contributed by atoms with Gasteiger partial charge in [-0.05, 0) is 43.9 Å². The highest BCUT2D eigenvalue weighted by Gasteiger charge is 2.29. The number of nitrogens with one attached hydrogen (secondary N) is 1. The Hall–Kier alpha value is -1.01. The fourth-order valence-corrected chi connectivity index (χ4v) is 4.65. The van der Waals surface area contributed by atoms with Crippen molar-refractivity contribution in [1.29, 1.82) is 0 Å². The maximum atomic E-state index is 12.4. The third-order valence-electron chi connectivity index (χ3n) is 4.21. The lowest BCUT2D eigenvalue weighted by atomic mass is 9.85. The second kappa shape index (κ2) is 8.73. The van der Waals surface area contributed by atoms with Crippen molar-refractivity contribution in [2.75, 3.05) is 23.9 Å². The standard InChI is InChI=1S/C17H25NO3S2/c1-4-11-6-7-12-13(10-11)23-16(15(12)17(20)21-5-2)18-14(19)8-9-22-3/h11H,4-10H2,1-3H3,(H,18,19)/t11-/m1/s1. The van der Waals surface area contributed by atoms with E-state index in [9.17, 15) is 9.59 Å². The summed E-state index contributed by atoms with van der Waals surface area (Å²) in [5.41, 5.74) is 1.69. The molecule has 1 heterocycles. The molecular formula is C17H25NO3S2. The molecule has 1 amide bonds. The van der Waals surface area contributed by atoms with E-state index < -0.39 is 0 Å². The molecule has 6 heteroatoms. The molecule has 4 nitrogen and oxygen atoms in total. The maximum absolute atomic E-state index is 12.4. The van der Waals surface area contributed by atoms with E-state index in [1.165, 1.54) is 4.88 Å². The van der Waals surface area contributed by atoms with Crippen molar-refractivity contribution in [2.45, 2.75) is 46.0 Å². The molecule has 0 unspecified atom stereocenters. The van der Waals surface area contributed by atoms with E-state index in [2.05, 4.69) is 12.2 Å². The zero-order chi connectivity index (χ0) is 16.8. The summed E-state index contributed by atoms with van der Waals surface area (Å²) in [5, 5.41) is 3.62. The minimum absolute atomic E-state index is 0.0319. The number of carbonyl (C=O) groups excluding carboxylic acids is 2. The van der Waals surface area contributed by atoms with Gasteiger partial charge in [0.25, 0.3) is 0 Å². The lowest BCUT2D eigenvalue weighted by molar-refractivity contribution is -0.115. The summed E-state index contributed by atoms with van der Waals surface area (Å²) in [6.45, 7) is 4.36. The number of anilines is 1. The molecule has 2 rings (SSSR count). The zero-order valence-corrected chi connectivity index (χ0v) is 15.7. The number of carbonyl (C=O) groups is 2. The van der Waals surface area contributed by atoms with E-state index in [0.717, 1.165) is 37.0 Å². The summed E-state index contributed by atoms with van der Waals surface area (Å²) in [6, 6.07) is 0. The Bertz CT molecular complexity index is 568. The Kier molecular flexibility index (Phi) is 6.96. The van der Waals surface area contributed by atoms with Crippen molar-refractivity contribution in [2.24, 2.45) is 5.92 Å². The Balaban J connectivity index is 2.27. The van der Waals surface area contributed by atoms with Gasteiger partial charge in [0.2, 0.25) is 5.91 Å². The molecule has 0 radical (unpaired) electrons. The first kappa shape index (κ1) is 18.3. The molecule has 0 aliphatic heterocycles. The number of thiophene rings is 1. The van der Waals surface area contributed by atoms with E-state index >= 15 is 0 Å². The van der Waals surface area contributed by atoms with Crippen molar-refractivity contribution in [3.63, 3.8) is 0 Å². The van der Waals surface area contributed by atoms with Crippen LogP contribution in [0.2, 0.25) is 0 Å². The number of hydrogen-bond acceptors (Lipinski definition) is 5. The third kappa shape index (κ3) is 4.51. The number of ether oxygens (including phenoxy) is 1. The first-order chi connectivity index (χ1) is 11.1. The third-order valence-corrected chi connectivity index (χ3v) is 5.99. The van der Waals surface area contributed by atoms with Gasteiger partial charge < -0.3 is 10.1 Å². The van der Waals surface area contributed by atoms with E-state index in [0.29, 0.717) is 29.5 Å². The quantitative estimate of drug-likeness (QED) is 0.747. The van der Waals surface area contributed by atoms with Crippen LogP contribution in [0, 0.1) is 5.92 Å². The smallest absolute Gasteiger partial charge is 0.341 e. The van der Waals surface area contributed by atoms with Gasteiger partial charge in [0.05, 0.1) is 12.2 Å². The van der Waals surface area contributed by atoms with E-state index in [1.807, 2.05) is 6.26 Å². The molecule has 1 aliphatic carbocycles. The number of amides is 1. The Labute approximate surface area is 146 Å². The molecule has 1 atom stereocenters. The molecule has 1 aliphatic rings. The minimum atomic E-state index is -0.305. The van der Waals surface area contributed by atoms with Crippen LogP contribution in [0.1, 0.15) is 53.9 Å². The predicted octanol–water partition coefficient (Wildman–Crippen LogP) is 4.13. The molecule has 0 bridgehead atoms. The van der Waals surface area contributed by atoms with Crippen molar-refractivity contribution in [3.8, 4) is 0 Å². The molecular weight excluding hydrogens is 330 g/mol. The van der Waals surface area contributed by atoms with Gasteiger partial charge in [-0.3, -0.25) is 4.79 Å². The number of hydrogen-bond donors (Lipinski definition) is 1. The summed E-state index contributed by atoms with van der Waals surface area (Å²) in [7, 11) is 0. The van der Waals surface area contributed by atoms with Gasteiger partial charge in [-0.25, -0.2) is 4.79 Å². The van der Waals surface area contributed by atoms with Gasteiger partial charge in [0, 0.05) is 17.1 Å². The van der Waals surface area contributed by atoms with Crippen molar-refractivity contribution in [1.82, 2.24) is 0 Å². The molecule has 1 aromatic rings. The average Bonchev–Trinajstić information content (AvgIpc) is 2.89. The Morgan fingerprint density at radius 3 is 2.83 bits per heavy atom. The Morgan fingerprint density at radius 1 is 1.39 bits per heavy atom.